The van der Waals surface area contributed by atoms with Crippen molar-refractivity contribution in [1.82, 2.24) is 0 Å². The van der Waals surface area contributed by atoms with Gasteiger partial charge in [0.05, 0.1) is 27.9 Å². The van der Waals surface area contributed by atoms with E-state index in [9.17, 15) is 4.79 Å². The summed E-state index contributed by atoms with van der Waals surface area (Å²) in [6.07, 6.45) is 0.973. The second kappa shape index (κ2) is 7.72. The van der Waals surface area contributed by atoms with Crippen molar-refractivity contribution in [2.75, 3.05) is 27.9 Å². The van der Waals surface area contributed by atoms with E-state index >= 15 is 0 Å². The predicted octanol–water partition coefficient (Wildman–Crippen LogP) is 3.36. The van der Waals surface area contributed by atoms with Crippen LogP contribution in [0.1, 0.15) is 18.9 Å². The minimum Gasteiger partial charge on any atom is -0.493 e. The Bertz CT molecular complexity index is 693. The van der Waals surface area contributed by atoms with Gasteiger partial charge in [0.15, 0.2) is 11.5 Å². The highest BCUT2D eigenvalue weighted by molar-refractivity contribution is 5.93. The monoisotopic (exact) mass is 318 g/mol. The van der Waals surface area contributed by atoms with Crippen LogP contribution < -0.4 is 14.2 Å². The molecule has 5 heteroatoms. The summed E-state index contributed by atoms with van der Waals surface area (Å²) in [6.45, 7) is 2.21. The lowest BCUT2D eigenvalue weighted by atomic mass is 10.0. The van der Waals surface area contributed by atoms with Gasteiger partial charge in [-0.3, -0.25) is 4.79 Å². The lowest BCUT2D eigenvalue weighted by Crippen LogP contribution is -2.05. The first-order valence-electron chi connectivity index (χ1n) is 7.51. The van der Waals surface area contributed by atoms with Gasteiger partial charge in [0.1, 0.15) is 0 Å². The molecule has 0 spiro atoms. The highest BCUT2D eigenvalue weighted by Crippen LogP contribution is 2.43. The van der Waals surface area contributed by atoms with E-state index in [2.05, 4.69) is 0 Å². The number of hydrogen-bond acceptors (Lipinski definition) is 5. The highest BCUT2D eigenvalue weighted by atomic mass is 16.5. The number of esters is 1. The van der Waals surface area contributed by atoms with E-state index in [1.165, 1.54) is 0 Å². The first-order valence-corrected chi connectivity index (χ1v) is 7.51. The number of carbonyl (C=O) groups excluding carboxylic acids is 1. The van der Waals surface area contributed by atoms with Crippen molar-refractivity contribution < 1.29 is 23.7 Å². The Morgan fingerprint density at radius 2 is 1.74 bits per heavy atom. The third-order valence-corrected chi connectivity index (χ3v) is 3.63. The normalized spacial score (nSPS) is 10.4. The average Bonchev–Trinajstić information content (AvgIpc) is 2.58. The van der Waals surface area contributed by atoms with Crippen LogP contribution >= 0.6 is 0 Å². The molecule has 23 heavy (non-hydrogen) atoms. The minimum absolute atomic E-state index is 0.188. The summed E-state index contributed by atoms with van der Waals surface area (Å²) in [7, 11) is 4.77. The molecule has 0 fully saturated rings. The summed E-state index contributed by atoms with van der Waals surface area (Å²) >= 11 is 0. The van der Waals surface area contributed by atoms with Gasteiger partial charge in [-0.25, -0.2) is 0 Å². The number of ether oxygens (including phenoxy) is 4. The third kappa shape index (κ3) is 3.67. The van der Waals surface area contributed by atoms with E-state index in [0.29, 0.717) is 36.7 Å². The summed E-state index contributed by atoms with van der Waals surface area (Å²) < 4.78 is 21.2. The van der Waals surface area contributed by atoms with Crippen molar-refractivity contribution in [3.05, 3.63) is 29.8 Å². The molecule has 0 aromatic heterocycles. The third-order valence-electron chi connectivity index (χ3n) is 3.63. The Kier molecular flexibility index (Phi) is 5.68. The second-order valence-corrected chi connectivity index (χ2v) is 5.01. The number of benzene rings is 2. The molecule has 2 aromatic carbocycles. The summed E-state index contributed by atoms with van der Waals surface area (Å²) in [5.41, 5.74) is 1.04. The van der Waals surface area contributed by atoms with Crippen LogP contribution in [0.5, 0.6) is 17.2 Å². The van der Waals surface area contributed by atoms with Crippen molar-refractivity contribution in [3.63, 3.8) is 0 Å². The Morgan fingerprint density at radius 3 is 2.35 bits per heavy atom. The summed E-state index contributed by atoms with van der Waals surface area (Å²) in [4.78, 5) is 11.5. The fraction of sp³-hybridized carbons (Fsp3) is 0.389. The molecule has 124 valence electrons. The van der Waals surface area contributed by atoms with E-state index in [-0.39, 0.29) is 5.97 Å². The molecule has 0 aliphatic carbocycles. The molecule has 0 radical (unpaired) electrons. The zero-order valence-electron chi connectivity index (χ0n) is 14.0. The molecular formula is C18H22O5. The Balaban J connectivity index is 2.39. The van der Waals surface area contributed by atoms with Crippen LogP contribution in [-0.4, -0.2) is 33.9 Å². The molecule has 0 amide bonds. The number of rotatable bonds is 7. The molecule has 0 bridgehead atoms. The van der Waals surface area contributed by atoms with Crippen molar-refractivity contribution in [2.24, 2.45) is 0 Å². The maximum atomic E-state index is 11.5. The van der Waals surface area contributed by atoms with Crippen LogP contribution in [0.2, 0.25) is 0 Å². The van der Waals surface area contributed by atoms with E-state index in [1.807, 2.05) is 24.3 Å². The van der Waals surface area contributed by atoms with Gasteiger partial charge in [-0.2, -0.15) is 0 Å². The first-order chi connectivity index (χ1) is 11.1. The second-order valence-electron chi connectivity index (χ2n) is 5.01. The molecule has 5 nitrogen and oxygen atoms in total. The number of carbonyl (C=O) groups is 1. The van der Waals surface area contributed by atoms with Crippen molar-refractivity contribution >= 4 is 16.7 Å². The summed E-state index contributed by atoms with van der Waals surface area (Å²) in [6, 6.07) is 7.90. The molecule has 0 saturated carbocycles. The van der Waals surface area contributed by atoms with Gasteiger partial charge < -0.3 is 18.9 Å². The van der Waals surface area contributed by atoms with Crippen molar-refractivity contribution in [3.8, 4) is 17.2 Å². The van der Waals surface area contributed by atoms with Crippen LogP contribution in [0.25, 0.3) is 10.8 Å². The molecule has 2 aromatic rings. The molecule has 0 N–H and O–H groups in total. The number of aryl methyl sites for hydroxylation is 1. The summed E-state index contributed by atoms with van der Waals surface area (Å²) in [5, 5.41) is 1.91. The van der Waals surface area contributed by atoms with Gasteiger partial charge in [-0.15, -0.1) is 0 Å². The Hall–Kier alpha value is -2.43. The fourth-order valence-corrected chi connectivity index (χ4v) is 2.55. The van der Waals surface area contributed by atoms with Crippen LogP contribution in [0.15, 0.2) is 24.3 Å². The molecule has 0 heterocycles. The smallest absolute Gasteiger partial charge is 0.306 e. The number of fused-ring (bicyclic) bond motifs is 1. The Labute approximate surface area is 136 Å². The molecule has 0 atom stereocenters. The standard InChI is InChI=1S/C18H22O5/c1-5-23-16(19)9-7-12-6-8-13-11-15(20-2)18(22-4)17(21-3)14(13)10-12/h6,8,10-11H,5,7,9H2,1-4H3. The zero-order valence-corrected chi connectivity index (χ0v) is 14.0. The van der Waals surface area contributed by atoms with Crippen molar-refractivity contribution in [1.29, 1.82) is 0 Å². The van der Waals surface area contributed by atoms with E-state index in [0.717, 1.165) is 16.3 Å². The van der Waals surface area contributed by atoms with Gasteiger partial charge in [-0.05, 0) is 36.4 Å². The van der Waals surface area contributed by atoms with Crippen LogP contribution in [0.4, 0.5) is 0 Å². The fourth-order valence-electron chi connectivity index (χ4n) is 2.55. The lowest BCUT2D eigenvalue weighted by molar-refractivity contribution is -0.143. The lowest BCUT2D eigenvalue weighted by Gasteiger charge is -2.15. The van der Waals surface area contributed by atoms with Crippen LogP contribution in [0, 0.1) is 0 Å². The minimum atomic E-state index is -0.188. The van der Waals surface area contributed by atoms with Gasteiger partial charge in [0, 0.05) is 11.8 Å². The molecule has 0 aliphatic rings. The van der Waals surface area contributed by atoms with Gasteiger partial charge in [0.2, 0.25) is 5.75 Å². The molecular weight excluding hydrogens is 296 g/mol. The van der Waals surface area contributed by atoms with Crippen molar-refractivity contribution in [2.45, 2.75) is 19.8 Å². The quantitative estimate of drug-likeness (QED) is 0.733. The Morgan fingerprint density at radius 1 is 1.00 bits per heavy atom. The van der Waals surface area contributed by atoms with E-state index in [1.54, 1.807) is 28.3 Å². The number of methoxy groups -OCH3 is 3. The van der Waals surface area contributed by atoms with Gasteiger partial charge in [-0.1, -0.05) is 12.1 Å². The van der Waals surface area contributed by atoms with Crippen LogP contribution in [-0.2, 0) is 16.0 Å². The van der Waals surface area contributed by atoms with Gasteiger partial charge in [0.25, 0.3) is 0 Å². The van der Waals surface area contributed by atoms with E-state index in [4.69, 9.17) is 18.9 Å². The molecule has 0 saturated heterocycles. The average molecular weight is 318 g/mol. The van der Waals surface area contributed by atoms with Gasteiger partial charge >= 0.3 is 5.97 Å². The maximum Gasteiger partial charge on any atom is 0.306 e. The largest absolute Gasteiger partial charge is 0.493 e. The SMILES string of the molecule is CCOC(=O)CCc1ccc2cc(OC)c(OC)c(OC)c2c1. The first kappa shape index (κ1) is 16.9. The molecule has 2 rings (SSSR count). The predicted molar refractivity (Wildman–Crippen MR) is 88.6 cm³/mol. The summed E-state index contributed by atoms with van der Waals surface area (Å²) in [5.74, 6) is 1.62. The maximum absolute atomic E-state index is 11.5. The topological polar surface area (TPSA) is 54.0 Å². The molecule has 0 aliphatic heterocycles. The number of hydrogen-bond donors (Lipinski definition) is 0. The zero-order chi connectivity index (χ0) is 16.8. The molecule has 0 unspecified atom stereocenters. The highest BCUT2D eigenvalue weighted by Gasteiger charge is 2.16. The van der Waals surface area contributed by atoms with E-state index < -0.39 is 0 Å². The van der Waals surface area contributed by atoms with Crippen LogP contribution in [0.3, 0.4) is 0 Å².